The van der Waals surface area contributed by atoms with Crippen molar-refractivity contribution < 1.29 is 8.95 Å². The van der Waals surface area contributed by atoms with Gasteiger partial charge >= 0.3 is 0 Å². The first kappa shape index (κ1) is 24.2. The lowest BCUT2D eigenvalue weighted by Gasteiger charge is -2.24. The molecule has 0 bridgehead atoms. The van der Waals surface area contributed by atoms with E-state index in [4.69, 9.17) is 4.74 Å². The number of hydrogen-bond donors (Lipinski definition) is 1. The van der Waals surface area contributed by atoms with Gasteiger partial charge in [0.1, 0.15) is 21.8 Å². The summed E-state index contributed by atoms with van der Waals surface area (Å²) in [6.45, 7) is 17.8. The topological polar surface area (TPSA) is 56.2 Å². The van der Waals surface area contributed by atoms with Gasteiger partial charge in [0.05, 0.1) is 21.8 Å². The van der Waals surface area contributed by atoms with Crippen molar-refractivity contribution in [3.05, 3.63) is 27.7 Å². The largest absolute Gasteiger partial charge is 0.361 e. The van der Waals surface area contributed by atoms with Crippen molar-refractivity contribution in [3.8, 4) is 0 Å². The molecule has 1 aromatic rings. The van der Waals surface area contributed by atoms with Crippen LogP contribution in [0.5, 0.6) is 0 Å². The van der Waals surface area contributed by atoms with E-state index in [1.165, 1.54) is 0 Å². The van der Waals surface area contributed by atoms with Gasteiger partial charge in [0.15, 0.2) is 0 Å². The third-order valence-electron chi connectivity index (χ3n) is 3.63. The predicted molar refractivity (Wildman–Crippen MR) is 120 cm³/mol. The molecule has 150 valence electrons. The van der Waals surface area contributed by atoms with E-state index in [9.17, 15) is 4.21 Å². The van der Waals surface area contributed by atoms with Crippen LogP contribution in [0.3, 0.4) is 0 Å². The Morgan fingerprint density at radius 3 is 2.50 bits per heavy atom. The summed E-state index contributed by atoms with van der Waals surface area (Å²) in [5.74, 6) is 0.772. The Morgan fingerprint density at radius 2 is 2.00 bits per heavy atom. The number of ether oxygens (including phenoxy) is 1. The molecule has 5 nitrogen and oxygen atoms in total. The van der Waals surface area contributed by atoms with Gasteiger partial charge in [-0.3, -0.25) is 4.57 Å². The zero-order valence-corrected chi connectivity index (χ0v) is 21.6. The van der Waals surface area contributed by atoms with Crippen LogP contribution < -0.4 is 4.72 Å². The highest BCUT2D eigenvalue weighted by molar-refractivity contribution is 9.13. The number of nitrogens with zero attached hydrogens (tertiary/aromatic N) is 2. The molecule has 1 aromatic heterocycles. The molecular formula is C17H31Br2N3O2SSi. The third kappa shape index (κ3) is 7.67. The maximum atomic E-state index is 12.6. The Labute approximate surface area is 178 Å². The monoisotopic (exact) mass is 527 g/mol. The number of rotatable bonds is 10. The van der Waals surface area contributed by atoms with Crippen LogP contribution in [-0.2, 0) is 22.5 Å². The Kier molecular flexibility index (Phi) is 9.42. The second-order valence-corrected chi connectivity index (χ2v) is 17.5. The molecule has 2 unspecified atom stereocenters. The summed E-state index contributed by atoms with van der Waals surface area (Å²) < 4.78 is 24.8. The molecule has 2 atom stereocenters. The first-order valence-corrected chi connectivity index (χ1v) is 15.1. The second kappa shape index (κ2) is 10.1. The summed E-state index contributed by atoms with van der Waals surface area (Å²) in [6.07, 6.45) is 2.43. The fourth-order valence-corrected chi connectivity index (χ4v) is 4.36. The van der Waals surface area contributed by atoms with Gasteiger partial charge in [-0.2, -0.15) is 0 Å². The minimum atomic E-state index is -1.21. The first-order chi connectivity index (χ1) is 11.9. The SMILES string of the molecule is C=CCC(NS(=O)C(C)(C)C)c1nc(Br)c(Br)n1COCC[Si](C)(C)C. The molecule has 0 saturated carbocycles. The lowest BCUT2D eigenvalue weighted by atomic mass is 10.2. The number of hydrogen-bond acceptors (Lipinski definition) is 3. The van der Waals surface area contributed by atoms with Crippen molar-refractivity contribution >= 4 is 50.9 Å². The molecular weight excluding hydrogens is 498 g/mol. The fourth-order valence-electron chi connectivity index (χ4n) is 2.02. The van der Waals surface area contributed by atoms with E-state index in [2.05, 4.69) is 67.8 Å². The molecule has 1 rings (SSSR count). The maximum Gasteiger partial charge on any atom is 0.139 e. The van der Waals surface area contributed by atoms with Gasteiger partial charge in [-0.15, -0.1) is 6.58 Å². The van der Waals surface area contributed by atoms with E-state index in [0.29, 0.717) is 17.8 Å². The van der Waals surface area contributed by atoms with Gasteiger partial charge in [0, 0.05) is 14.7 Å². The average molecular weight is 529 g/mol. The van der Waals surface area contributed by atoms with Crippen LogP contribution in [0.15, 0.2) is 21.9 Å². The van der Waals surface area contributed by atoms with E-state index in [1.807, 2.05) is 31.4 Å². The van der Waals surface area contributed by atoms with Crippen molar-refractivity contribution in [2.24, 2.45) is 0 Å². The summed E-state index contributed by atoms with van der Waals surface area (Å²) in [5.41, 5.74) is 0. The van der Waals surface area contributed by atoms with Gasteiger partial charge in [-0.05, 0) is 65.1 Å². The van der Waals surface area contributed by atoms with Gasteiger partial charge < -0.3 is 4.74 Å². The summed E-state index contributed by atoms with van der Waals surface area (Å²) in [7, 11) is -2.34. The van der Waals surface area contributed by atoms with Crippen molar-refractivity contribution in [2.75, 3.05) is 6.61 Å². The number of aromatic nitrogens is 2. The minimum Gasteiger partial charge on any atom is -0.361 e. The molecule has 0 aromatic carbocycles. The zero-order chi connectivity index (χ0) is 20.1. The van der Waals surface area contributed by atoms with Crippen LogP contribution in [0.1, 0.15) is 39.1 Å². The van der Waals surface area contributed by atoms with Crippen molar-refractivity contribution in [2.45, 2.75) is 70.4 Å². The predicted octanol–water partition coefficient (Wildman–Crippen LogP) is 5.39. The zero-order valence-electron chi connectivity index (χ0n) is 16.6. The standard InChI is InChI=1S/C17H31Br2N3O2SSi/c1-8-9-13(21-25(23)17(2,3)4)16-20-14(18)15(19)22(16)12-24-10-11-26(5,6)7/h8,13,21H,1,9-12H2,2-7H3. The van der Waals surface area contributed by atoms with Gasteiger partial charge in [0.2, 0.25) is 0 Å². The number of imidazole rings is 1. The maximum absolute atomic E-state index is 12.6. The van der Waals surface area contributed by atoms with E-state index in [1.54, 1.807) is 0 Å². The van der Waals surface area contributed by atoms with Gasteiger partial charge in [-0.1, -0.05) is 25.7 Å². The molecule has 0 aliphatic carbocycles. The molecule has 0 fully saturated rings. The molecule has 0 saturated heterocycles. The minimum absolute atomic E-state index is 0.212. The van der Waals surface area contributed by atoms with Crippen LogP contribution in [0.2, 0.25) is 25.7 Å². The van der Waals surface area contributed by atoms with Crippen molar-refractivity contribution in [3.63, 3.8) is 0 Å². The molecule has 0 aliphatic heterocycles. The van der Waals surface area contributed by atoms with E-state index in [-0.39, 0.29) is 10.8 Å². The third-order valence-corrected chi connectivity index (χ3v) is 8.84. The lowest BCUT2D eigenvalue weighted by molar-refractivity contribution is 0.0826. The van der Waals surface area contributed by atoms with Crippen LogP contribution in [0.25, 0.3) is 0 Å². The van der Waals surface area contributed by atoms with Crippen molar-refractivity contribution in [1.82, 2.24) is 14.3 Å². The molecule has 0 spiro atoms. The van der Waals surface area contributed by atoms with Crippen molar-refractivity contribution in [1.29, 1.82) is 0 Å². The number of nitrogens with one attached hydrogen (secondary N) is 1. The normalized spacial score (nSPS) is 15.1. The van der Waals surface area contributed by atoms with Crippen LogP contribution in [-0.4, -0.2) is 33.2 Å². The summed E-state index contributed by atoms with van der Waals surface area (Å²) in [4.78, 5) is 4.61. The molecule has 0 amide bonds. The Morgan fingerprint density at radius 1 is 1.38 bits per heavy atom. The quantitative estimate of drug-likeness (QED) is 0.251. The van der Waals surface area contributed by atoms with Crippen LogP contribution in [0, 0.1) is 0 Å². The lowest BCUT2D eigenvalue weighted by Crippen LogP contribution is -2.36. The summed E-state index contributed by atoms with van der Waals surface area (Å²) in [6, 6.07) is 0.897. The summed E-state index contributed by atoms with van der Waals surface area (Å²) in [5, 5.41) is 0. The highest BCUT2D eigenvalue weighted by atomic mass is 79.9. The smallest absolute Gasteiger partial charge is 0.139 e. The Bertz CT molecular complexity index is 639. The van der Waals surface area contributed by atoms with Crippen LogP contribution in [0.4, 0.5) is 0 Å². The van der Waals surface area contributed by atoms with E-state index in [0.717, 1.165) is 23.1 Å². The molecule has 1 N–H and O–H groups in total. The molecule has 0 radical (unpaired) electrons. The number of halogens is 2. The molecule has 1 heterocycles. The molecule has 0 aliphatic rings. The highest BCUT2D eigenvalue weighted by Crippen LogP contribution is 2.29. The second-order valence-electron chi connectivity index (χ2n) is 8.40. The van der Waals surface area contributed by atoms with Crippen LogP contribution >= 0.6 is 31.9 Å². The van der Waals surface area contributed by atoms with Gasteiger partial charge in [-0.25, -0.2) is 13.9 Å². The molecule has 9 heteroatoms. The molecule has 26 heavy (non-hydrogen) atoms. The summed E-state index contributed by atoms with van der Waals surface area (Å²) >= 11 is 7.05. The average Bonchev–Trinajstić information content (AvgIpc) is 2.77. The first-order valence-electron chi connectivity index (χ1n) is 8.65. The highest BCUT2D eigenvalue weighted by Gasteiger charge is 2.27. The Balaban J connectivity index is 2.99. The van der Waals surface area contributed by atoms with E-state index >= 15 is 0 Å². The van der Waals surface area contributed by atoms with Gasteiger partial charge in [0.25, 0.3) is 0 Å². The van der Waals surface area contributed by atoms with E-state index < -0.39 is 19.1 Å². The Hall–Kier alpha value is 0.197. The fraction of sp³-hybridized carbons (Fsp3) is 0.706.